The highest BCUT2D eigenvalue weighted by Crippen LogP contribution is 2.29. The van der Waals surface area contributed by atoms with E-state index < -0.39 is 0 Å². The van der Waals surface area contributed by atoms with Crippen LogP contribution in [0.5, 0.6) is 0 Å². The average Bonchev–Trinajstić information content (AvgIpc) is 3.32. The largest absolute Gasteiger partial charge is 0.345 e. The molecule has 0 saturated carbocycles. The van der Waals surface area contributed by atoms with E-state index >= 15 is 0 Å². The van der Waals surface area contributed by atoms with Crippen molar-refractivity contribution in [1.29, 1.82) is 0 Å². The summed E-state index contributed by atoms with van der Waals surface area (Å²) >= 11 is 1.71. The molecule has 1 saturated heterocycles. The molecule has 7 nitrogen and oxygen atoms in total. The van der Waals surface area contributed by atoms with Gasteiger partial charge in [-0.3, -0.25) is 4.68 Å². The van der Waals surface area contributed by atoms with Gasteiger partial charge in [-0.2, -0.15) is 5.10 Å². The van der Waals surface area contributed by atoms with Crippen molar-refractivity contribution in [2.45, 2.75) is 20.0 Å². The molecular formula is C18H22N6OS. The van der Waals surface area contributed by atoms with Crippen LogP contribution in [0.2, 0.25) is 0 Å². The smallest absolute Gasteiger partial charge is 0.317 e. The second-order valence-corrected chi connectivity index (χ2v) is 7.31. The number of nitrogens with zero attached hydrogens (tertiary/aromatic N) is 5. The third-order valence-corrected chi connectivity index (χ3v) is 5.67. The van der Waals surface area contributed by atoms with Gasteiger partial charge in [0.1, 0.15) is 0 Å². The number of carbonyl (C=O) groups excluding carboxylic acids is 1. The number of aromatic nitrogens is 3. The summed E-state index contributed by atoms with van der Waals surface area (Å²) in [4.78, 5) is 21.2. The van der Waals surface area contributed by atoms with Gasteiger partial charge in [0, 0.05) is 51.0 Å². The lowest BCUT2D eigenvalue weighted by Gasteiger charge is -2.34. The van der Waals surface area contributed by atoms with Gasteiger partial charge in [0.05, 0.1) is 16.4 Å². The molecule has 0 bridgehead atoms. The number of piperazine rings is 1. The molecule has 0 atom stereocenters. The van der Waals surface area contributed by atoms with Crippen LogP contribution in [-0.4, -0.2) is 51.9 Å². The molecule has 0 radical (unpaired) electrons. The third-order valence-electron chi connectivity index (χ3n) is 4.57. The minimum absolute atomic E-state index is 0.0156. The lowest BCUT2D eigenvalue weighted by molar-refractivity contribution is 0.194. The number of aryl methyl sites for hydroxylation is 1. The van der Waals surface area contributed by atoms with E-state index in [0.717, 1.165) is 35.8 Å². The van der Waals surface area contributed by atoms with Crippen LogP contribution in [0, 0.1) is 0 Å². The first-order valence-electron chi connectivity index (χ1n) is 8.87. The van der Waals surface area contributed by atoms with E-state index in [1.165, 1.54) is 4.70 Å². The molecule has 3 aromatic rings. The van der Waals surface area contributed by atoms with Gasteiger partial charge in [-0.05, 0) is 19.1 Å². The SMILES string of the molecule is CCn1cc(CNC(=O)N2CCN(c3nc4ccccc4s3)CC2)cn1. The van der Waals surface area contributed by atoms with Crippen molar-refractivity contribution < 1.29 is 4.79 Å². The number of carbonyl (C=O) groups is 1. The molecule has 26 heavy (non-hydrogen) atoms. The maximum absolute atomic E-state index is 12.4. The Morgan fingerprint density at radius 1 is 1.23 bits per heavy atom. The number of benzene rings is 1. The van der Waals surface area contributed by atoms with Crippen LogP contribution in [0.1, 0.15) is 12.5 Å². The molecule has 4 rings (SSSR count). The fourth-order valence-corrected chi connectivity index (χ4v) is 4.07. The van der Waals surface area contributed by atoms with Crippen LogP contribution in [0.15, 0.2) is 36.7 Å². The normalized spacial score (nSPS) is 14.8. The van der Waals surface area contributed by atoms with Gasteiger partial charge in [0.2, 0.25) is 0 Å². The van der Waals surface area contributed by atoms with Crippen molar-refractivity contribution in [3.8, 4) is 0 Å². The lowest BCUT2D eigenvalue weighted by atomic mass is 10.3. The molecular weight excluding hydrogens is 348 g/mol. The van der Waals surface area contributed by atoms with E-state index in [1.54, 1.807) is 17.5 Å². The summed E-state index contributed by atoms with van der Waals surface area (Å²) in [7, 11) is 0. The predicted molar refractivity (Wildman–Crippen MR) is 104 cm³/mol. The second kappa shape index (κ2) is 7.33. The molecule has 0 aliphatic carbocycles. The lowest BCUT2D eigenvalue weighted by Crippen LogP contribution is -2.51. The zero-order valence-corrected chi connectivity index (χ0v) is 15.6. The Morgan fingerprint density at radius 2 is 2.04 bits per heavy atom. The fourth-order valence-electron chi connectivity index (χ4n) is 3.06. The molecule has 136 valence electrons. The molecule has 3 heterocycles. The monoisotopic (exact) mass is 370 g/mol. The second-order valence-electron chi connectivity index (χ2n) is 6.30. The zero-order chi connectivity index (χ0) is 17.9. The maximum atomic E-state index is 12.4. The number of rotatable bonds is 4. The highest BCUT2D eigenvalue weighted by Gasteiger charge is 2.23. The first-order chi connectivity index (χ1) is 12.7. The summed E-state index contributed by atoms with van der Waals surface area (Å²) < 4.78 is 3.06. The number of hydrogen-bond acceptors (Lipinski definition) is 5. The molecule has 1 aromatic carbocycles. The van der Waals surface area contributed by atoms with E-state index in [9.17, 15) is 4.79 Å². The quantitative estimate of drug-likeness (QED) is 0.766. The number of fused-ring (bicyclic) bond motifs is 1. The Morgan fingerprint density at radius 3 is 2.77 bits per heavy atom. The van der Waals surface area contributed by atoms with Gasteiger partial charge in [0.15, 0.2) is 5.13 Å². The van der Waals surface area contributed by atoms with Gasteiger partial charge in [0.25, 0.3) is 0 Å². The molecule has 0 unspecified atom stereocenters. The van der Waals surface area contributed by atoms with Crippen LogP contribution in [-0.2, 0) is 13.1 Å². The van der Waals surface area contributed by atoms with Crippen LogP contribution in [0.25, 0.3) is 10.2 Å². The number of urea groups is 1. The van der Waals surface area contributed by atoms with E-state index in [4.69, 9.17) is 4.98 Å². The third kappa shape index (κ3) is 3.50. The van der Waals surface area contributed by atoms with Gasteiger partial charge < -0.3 is 15.1 Å². The summed E-state index contributed by atoms with van der Waals surface area (Å²) in [6.07, 6.45) is 3.76. The first kappa shape index (κ1) is 16.8. The molecule has 8 heteroatoms. The van der Waals surface area contributed by atoms with Crippen molar-refractivity contribution in [3.63, 3.8) is 0 Å². The molecule has 2 aromatic heterocycles. The fraction of sp³-hybridized carbons (Fsp3) is 0.389. The molecule has 1 N–H and O–H groups in total. The molecule has 0 spiro atoms. The Hall–Kier alpha value is -2.61. The number of thiazole rings is 1. The minimum atomic E-state index is -0.0156. The summed E-state index contributed by atoms with van der Waals surface area (Å²) in [5, 5.41) is 8.25. The summed E-state index contributed by atoms with van der Waals surface area (Å²) in [5.41, 5.74) is 2.06. The van der Waals surface area contributed by atoms with Crippen LogP contribution < -0.4 is 10.2 Å². The van der Waals surface area contributed by atoms with Crippen LogP contribution in [0.4, 0.5) is 9.93 Å². The van der Waals surface area contributed by atoms with Gasteiger partial charge >= 0.3 is 6.03 Å². The average molecular weight is 370 g/mol. The van der Waals surface area contributed by atoms with E-state index in [1.807, 2.05) is 40.9 Å². The topological polar surface area (TPSA) is 66.3 Å². The molecule has 2 amide bonds. The van der Waals surface area contributed by atoms with Gasteiger partial charge in [-0.25, -0.2) is 9.78 Å². The first-order valence-corrected chi connectivity index (χ1v) is 9.69. The number of hydrogen-bond donors (Lipinski definition) is 1. The Bertz CT molecular complexity index is 863. The van der Waals surface area contributed by atoms with Crippen LogP contribution >= 0.6 is 11.3 Å². The molecule has 1 aliphatic heterocycles. The highest BCUT2D eigenvalue weighted by atomic mass is 32.1. The van der Waals surface area contributed by atoms with E-state index in [-0.39, 0.29) is 6.03 Å². The maximum Gasteiger partial charge on any atom is 0.317 e. The van der Waals surface area contributed by atoms with Gasteiger partial charge in [-0.1, -0.05) is 23.5 Å². The van der Waals surface area contributed by atoms with Crippen molar-refractivity contribution in [2.75, 3.05) is 31.1 Å². The Labute approximate surface area is 156 Å². The Balaban J connectivity index is 1.30. The highest BCUT2D eigenvalue weighted by molar-refractivity contribution is 7.22. The zero-order valence-electron chi connectivity index (χ0n) is 14.8. The van der Waals surface area contributed by atoms with Crippen molar-refractivity contribution in [2.24, 2.45) is 0 Å². The van der Waals surface area contributed by atoms with Crippen molar-refractivity contribution in [3.05, 3.63) is 42.2 Å². The van der Waals surface area contributed by atoms with Crippen molar-refractivity contribution >= 4 is 32.7 Å². The van der Waals surface area contributed by atoms with Gasteiger partial charge in [-0.15, -0.1) is 0 Å². The predicted octanol–water partition coefficient (Wildman–Crippen LogP) is 2.54. The summed E-state index contributed by atoms with van der Waals surface area (Å²) in [5.74, 6) is 0. The summed E-state index contributed by atoms with van der Waals surface area (Å²) in [6, 6.07) is 8.17. The number of anilines is 1. The number of nitrogens with one attached hydrogen (secondary N) is 1. The van der Waals surface area contributed by atoms with Crippen LogP contribution in [0.3, 0.4) is 0 Å². The standard InChI is InChI=1S/C18H22N6OS/c1-2-24-13-14(12-20-24)11-19-17(25)22-7-9-23(10-8-22)18-21-15-5-3-4-6-16(15)26-18/h3-6,12-13H,2,7-11H2,1H3,(H,19,25). The Kier molecular flexibility index (Phi) is 4.75. The number of amides is 2. The number of para-hydroxylation sites is 1. The van der Waals surface area contributed by atoms with Crippen molar-refractivity contribution in [1.82, 2.24) is 25.0 Å². The van der Waals surface area contributed by atoms with E-state index in [0.29, 0.717) is 19.6 Å². The minimum Gasteiger partial charge on any atom is -0.345 e. The van der Waals surface area contributed by atoms with E-state index in [2.05, 4.69) is 21.4 Å². The molecule has 1 fully saturated rings. The summed E-state index contributed by atoms with van der Waals surface area (Å²) in [6.45, 7) is 6.41. The molecule has 1 aliphatic rings.